The van der Waals surface area contributed by atoms with Crippen molar-refractivity contribution in [2.24, 2.45) is 0 Å². The molecule has 5 nitrogen and oxygen atoms in total. The number of likely N-dealkylation sites (tertiary alicyclic amines) is 1. The number of aliphatic hydroxyl groups excluding tert-OH is 1. The van der Waals surface area contributed by atoms with Crippen LogP contribution in [0, 0.1) is 0 Å². The van der Waals surface area contributed by atoms with Gasteiger partial charge in [-0.2, -0.15) is 0 Å². The number of fused-ring (bicyclic) bond motifs is 1. The largest absolute Gasteiger partial charge is 0.444 e. The predicted molar refractivity (Wildman–Crippen MR) is 52.5 cm³/mol. The van der Waals surface area contributed by atoms with Crippen LogP contribution in [0.5, 0.6) is 0 Å². The summed E-state index contributed by atoms with van der Waals surface area (Å²) in [7, 11) is 0. The average Bonchev–Trinajstić information content (AvgIpc) is 2.79. The van der Waals surface area contributed by atoms with E-state index in [4.69, 9.17) is 9.47 Å². The summed E-state index contributed by atoms with van der Waals surface area (Å²) in [6.07, 6.45) is -1.02. The Bertz CT molecular complexity index is 273. The maximum Gasteiger partial charge on any atom is 0.410 e. The molecule has 1 amide bonds. The fourth-order valence-corrected chi connectivity index (χ4v) is 1.74. The van der Waals surface area contributed by atoms with E-state index >= 15 is 0 Å². The van der Waals surface area contributed by atoms with Crippen LogP contribution in [0.2, 0.25) is 0 Å². The number of hydrogen-bond acceptors (Lipinski definition) is 4. The highest BCUT2D eigenvalue weighted by atomic mass is 16.6. The van der Waals surface area contributed by atoms with Gasteiger partial charge in [0, 0.05) is 0 Å². The van der Waals surface area contributed by atoms with Crippen molar-refractivity contribution in [2.75, 3.05) is 13.1 Å². The first-order valence-corrected chi connectivity index (χ1v) is 5.18. The van der Waals surface area contributed by atoms with Gasteiger partial charge in [-0.1, -0.05) is 0 Å². The van der Waals surface area contributed by atoms with Crippen molar-refractivity contribution in [3.8, 4) is 0 Å². The maximum atomic E-state index is 11.7. The van der Waals surface area contributed by atoms with E-state index in [9.17, 15) is 9.90 Å². The SMILES string of the molecule is CC(C)(C)OC(=O)N1C[C@@H](O)[C@H]2O[C@H]2C1. The lowest BCUT2D eigenvalue weighted by molar-refractivity contribution is 0.00909. The van der Waals surface area contributed by atoms with Gasteiger partial charge >= 0.3 is 6.09 Å². The molecule has 2 aliphatic heterocycles. The van der Waals surface area contributed by atoms with Gasteiger partial charge in [0.15, 0.2) is 0 Å². The summed E-state index contributed by atoms with van der Waals surface area (Å²) in [5, 5.41) is 9.56. The lowest BCUT2D eigenvalue weighted by Gasteiger charge is -2.30. The number of β-amino-alcohol motifs (C(OH)–C–C–N with tert-alkyl or cyclic N) is 1. The van der Waals surface area contributed by atoms with Crippen molar-refractivity contribution in [3.05, 3.63) is 0 Å². The molecule has 2 aliphatic rings. The van der Waals surface area contributed by atoms with Gasteiger partial charge in [0.25, 0.3) is 0 Å². The summed E-state index contributed by atoms with van der Waals surface area (Å²) in [4.78, 5) is 13.2. The summed E-state index contributed by atoms with van der Waals surface area (Å²) in [6.45, 7) is 6.29. The van der Waals surface area contributed by atoms with E-state index in [0.717, 1.165) is 0 Å². The van der Waals surface area contributed by atoms with Crippen LogP contribution in [0.15, 0.2) is 0 Å². The molecule has 0 unspecified atom stereocenters. The number of carbonyl (C=O) groups excluding carboxylic acids is 1. The molecule has 2 heterocycles. The van der Waals surface area contributed by atoms with Gasteiger partial charge in [-0.05, 0) is 20.8 Å². The molecule has 2 rings (SSSR count). The maximum absolute atomic E-state index is 11.7. The molecule has 0 radical (unpaired) electrons. The van der Waals surface area contributed by atoms with Crippen LogP contribution in [0.3, 0.4) is 0 Å². The number of hydrogen-bond donors (Lipinski definition) is 1. The van der Waals surface area contributed by atoms with Crippen molar-refractivity contribution < 1.29 is 19.4 Å². The lowest BCUT2D eigenvalue weighted by Crippen LogP contribution is -2.48. The molecule has 2 saturated heterocycles. The molecule has 5 heteroatoms. The smallest absolute Gasteiger partial charge is 0.410 e. The summed E-state index contributed by atoms with van der Waals surface area (Å²) >= 11 is 0. The molecule has 86 valence electrons. The van der Waals surface area contributed by atoms with E-state index in [2.05, 4.69) is 0 Å². The van der Waals surface area contributed by atoms with Crippen LogP contribution >= 0.6 is 0 Å². The Hall–Kier alpha value is -0.810. The highest BCUT2D eigenvalue weighted by Gasteiger charge is 2.51. The monoisotopic (exact) mass is 215 g/mol. The Labute approximate surface area is 89.0 Å². The van der Waals surface area contributed by atoms with Crippen LogP contribution in [0.25, 0.3) is 0 Å². The molecule has 2 fully saturated rings. The second kappa shape index (κ2) is 3.35. The van der Waals surface area contributed by atoms with Gasteiger partial charge in [0.05, 0.1) is 13.1 Å². The number of epoxide rings is 1. The number of ether oxygens (including phenoxy) is 2. The molecule has 0 aliphatic carbocycles. The molecule has 0 bridgehead atoms. The number of rotatable bonds is 0. The molecule has 0 aromatic carbocycles. The number of piperidine rings is 1. The van der Waals surface area contributed by atoms with Crippen LogP contribution < -0.4 is 0 Å². The van der Waals surface area contributed by atoms with Gasteiger partial charge in [0.2, 0.25) is 0 Å². The van der Waals surface area contributed by atoms with Crippen molar-refractivity contribution >= 4 is 6.09 Å². The van der Waals surface area contributed by atoms with E-state index in [0.29, 0.717) is 13.1 Å². The number of carbonyl (C=O) groups is 1. The zero-order chi connectivity index (χ0) is 11.2. The Kier molecular flexibility index (Phi) is 2.39. The van der Waals surface area contributed by atoms with Gasteiger partial charge in [-0.3, -0.25) is 0 Å². The van der Waals surface area contributed by atoms with Crippen LogP contribution in [0.4, 0.5) is 4.79 Å². The van der Waals surface area contributed by atoms with Gasteiger partial charge in [-0.25, -0.2) is 4.79 Å². The fraction of sp³-hybridized carbons (Fsp3) is 0.900. The number of amides is 1. The normalized spacial score (nSPS) is 34.7. The second-order valence-electron chi connectivity index (χ2n) is 5.09. The van der Waals surface area contributed by atoms with Crippen molar-refractivity contribution in [1.82, 2.24) is 4.90 Å². The third kappa shape index (κ3) is 2.41. The summed E-state index contributed by atoms with van der Waals surface area (Å²) in [6, 6.07) is 0. The van der Waals surface area contributed by atoms with Crippen LogP contribution in [-0.2, 0) is 9.47 Å². The van der Waals surface area contributed by atoms with Gasteiger partial charge < -0.3 is 19.5 Å². The van der Waals surface area contributed by atoms with E-state index in [-0.39, 0.29) is 18.3 Å². The minimum Gasteiger partial charge on any atom is -0.444 e. The molecule has 0 aromatic rings. The minimum absolute atomic E-state index is 0.00117. The molecule has 1 N–H and O–H groups in total. The van der Waals surface area contributed by atoms with Gasteiger partial charge in [0.1, 0.15) is 23.9 Å². The van der Waals surface area contributed by atoms with Crippen molar-refractivity contribution in [2.45, 2.75) is 44.7 Å². The Morgan fingerprint density at radius 2 is 2.13 bits per heavy atom. The Morgan fingerprint density at radius 3 is 2.67 bits per heavy atom. The third-order valence-corrected chi connectivity index (χ3v) is 2.46. The van der Waals surface area contributed by atoms with E-state index in [1.807, 2.05) is 20.8 Å². The third-order valence-electron chi connectivity index (χ3n) is 2.46. The molecule has 0 spiro atoms. The van der Waals surface area contributed by atoms with E-state index < -0.39 is 11.7 Å². The predicted octanol–water partition coefficient (Wildman–Crippen LogP) is 0.365. The van der Waals surface area contributed by atoms with Crippen LogP contribution in [0.1, 0.15) is 20.8 Å². The molecular weight excluding hydrogens is 198 g/mol. The Balaban J connectivity index is 1.90. The molecule has 0 aromatic heterocycles. The minimum atomic E-state index is -0.573. The summed E-state index contributed by atoms with van der Waals surface area (Å²) < 4.78 is 10.4. The second-order valence-corrected chi connectivity index (χ2v) is 5.09. The molecule has 0 saturated carbocycles. The zero-order valence-electron chi connectivity index (χ0n) is 9.27. The highest BCUT2D eigenvalue weighted by Crippen LogP contribution is 2.31. The van der Waals surface area contributed by atoms with E-state index in [1.165, 1.54) is 4.90 Å². The molecule has 15 heavy (non-hydrogen) atoms. The topological polar surface area (TPSA) is 62.3 Å². The average molecular weight is 215 g/mol. The first-order valence-electron chi connectivity index (χ1n) is 5.18. The lowest BCUT2D eigenvalue weighted by atomic mass is 10.1. The first kappa shape index (κ1) is 10.7. The Morgan fingerprint density at radius 1 is 1.47 bits per heavy atom. The summed E-state index contributed by atoms with van der Waals surface area (Å²) in [5.74, 6) is 0. The zero-order valence-corrected chi connectivity index (χ0v) is 9.27. The number of aliphatic hydroxyl groups is 1. The summed E-state index contributed by atoms with van der Waals surface area (Å²) in [5.41, 5.74) is -0.497. The fourth-order valence-electron chi connectivity index (χ4n) is 1.74. The standard InChI is InChI=1S/C10H17NO4/c1-10(2,3)15-9(13)11-4-6(12)8-7(5-11)14-8/h6-8,12H,4-5H2,1-3H3/t6-,7+,8-/m1/s1. The van der Waals surface area contributed by atoms with E-state index in [1.54, 1.807) is 0 Å². The molecular formula is C10H17NO4. The van der Waals surface area contributed by atoms with Crippen LogP contribution in [-0.4, -0.2) is 53.1 Å². The number of nitrogens with zero attached hydrogens (tertiary/aromatic N) is 1. The van der Waals surface area contributed by atoms with Crippen molar-refractivity contribution in [3.63, 3.8) is 0 Å². The van der Waals surface area contributed by atoms with Gasteiger partial charge in [-0.15, -0.1) is 0 Å². The molecule has 3 atom stereocenters. The quantitative estimate of drug-likeness (QED) is 0.593. The first-order chi connectivity index (χ1) is 6.87. The van der Waals surface area contributed by atoms with Crippen molar-refractivity contribution in [1.29, 1.82) is 0 Å². The highest BCUT2D eigenvalue weighted by molar-refractivity contribution is 5.68.